The maximum Gasteiger partial charge on any atom is 0.248 e. The summed E-state index contributed by atoms with van der Waals surface area (Å²) in [4.78, 5) is 16.0. The molecule has 1 heterocycles. The number of nitrogens with two attached hydrogens (primary N) is 1. The third-order valence-electron chi connectivity index (χ3n) is 3.16. The van der Waals surface area contributed by atoms with E-state index < -0.39 is 0 Å². The molecule has 0 aromatic heterocycles. The van der Waals surface area contributed by atoms with Gasteiger partial charge in [-0.05, 0) is 20.9 Å². The summed E-state index contributed by atoms with van der Waals surface area (Å²) < 4.78 is 5.16. The number of carbonyl (C=O) groups is 1. The van der Waals surface area contributed by atoms with Crippen LogP contribution in [0.4, 0.5) is 0 Å². The summed E-state index contributed by atoms with van der Waals surface area (Å²) in [5, 5.41) is 0. The Morgan fingerprint density at radius 2 is 2.12 bits per heavy atom. The Hall–Kier alpha value is -0.650. The second-order valence-electron chi connectivity index (χ2n) is 4.89. The SMILES string of the molecule is CN1CCN(C(=O)COCCN)CC1(C)C. The molecule has 1 aliphatic heterocycles. The van der Waals surface area contributed by atoms with Gasteiger partial charge < -0.3 is 15.4 Å². The van der Waals surface area contributed by atoms with Crippen LogP contribution in [-0.4, -0.2) is 67.7 Å². The molecule has 0 bridgehead atoms. The van der Waals surface area contributed by atoms with Crippen LogP contribution in [0.5, 0.6) is 0 Å². The van der Waals surface area contributed by atoms with Crippen LogP contribution in [0, 0.1) is 0 Å². The van der Waals surface area contributed by atoms with Gasteiger partial charge in [0.05, 0.1) is 6.61 Å². The van der Waals surface area contributed by atoms with Gasteiger partial charge in [0.2, 0.25) is 5.91 Å². The van der Waals surface area contributed by atoms with Crippen molar-refractivity contribution in [3.05, 3.63) is 0 Å². The summed E-state index contributed by atoms with van der Waals surface area (Å²) in [6.07, 6.45) is 0. The highest BCUT2D eigenvalue weighted by Crippen LogP contribution is 2.18. The van der Waals surface area contributed by atoms with Crippen molar-refractivity contribution in [1.82, 2.24) is 9.80 Å². The Morgan fingerprint density at radius 1 is 1.44 bits per heavy atom. The number of likely N-dealkylation sites (N-methyl/N-ethyl adjacent to an activating group) is 1. The van der Waals surface area contributed by atoms with E-state index in [4.69, 9.17) is 10.5 Å². The van der Waals surface area contributed by atoms with Crippen molar-refractivity contribution in [2.45, 2.75) is 19.4 Å². The summed E-state index contributed by atoms with van der Waals surface area (Å²) in [5.74, 6) is 0.0645. The standard InChI is InChI=1S/C11H23N3O2/c1-11(2)9-14(6-5-13(11)3)10(15)8-16-7-4-12/h4-9,12H2,1-3H3. The quantitative estimate of drug-likeness (QED) is 0.661. The molecule has 1 aliphatic rings. The summed E-state index contributed by atoms with van der Waals surface area (Å²) in [5.41, 5.74) is 5.34. The fourth-order valence-electron chi connectivity index (χ4n) is 1.79. The molecular formula is C11H23N3O2. The van der Waals surface area contributed by atoms with E-state index in [0.717, 1.165) is 19.6 Å². The molecule has 94 valence electrons. The highest BCUT2D eigenvalue weighted by molar-refractivity contribution is 5.77. The minimum atomic E-state index is 0.0434. The molecule has 5 nitrogen and oxygen atoms in total. The Bertz CT molecular complexity index is 243. The average molecular weight is 229 g/mol. The predicted octanol–water partition coefficient (Wildman–Crippen LogP) is -0.486. The zero-order valence-corrected chi connectivity index (χ0v) is 10.5. The molecule has 0 saturated carbocycles. The molecule has 0 aromatic rings. The van der Waals surface area contributed by atoms with Crippen LogP contribution in [-0.2, 0) is 9.53 Å². The van der Waals surface area contributed by atoms with Crippen LogP contribution in [0.2, 0.25) is 0 Å². The summed E-state index contributed by atoms with van der Waals surface area (Å²) in [6.45, 7) is 7.80. The van der Waals surface area contributed by atoms with Gasteiger partial charge in [0.1, 0.15) is 6.61 Å². The van der Waals surface area contributed by atoms with E-state index in [1.807, 2.05) is 4.90 Å². The lowest BCUT2D eigenvalue weighted by Crippen LogP contribution is -2.59. The molecule has 16 heavy (non-hydrogen) atoms. The number of nitrogens with zero attached hydrogens (tertiary/aromatic N) is 2. The first-order valence-corrected chi connectivity index (χ1v) is 5.74. The second-order valence-corrected chi connectivity index (χ2v) is 4.89. The Labute approximate surface area is 97.5 Å². The molecular weight excluding hydrogens is 206 g/mol. The van der Waals surface area contributed by atoms with Crippen molar-refractivity contribution >= 4 is 5.91 Å². The summed E-state index contributed by atoms with van der Waals surface area (Å²) in [7, 11) is 2.09. The van der Waals surface area contributed by atoms with Crippen molar-refractivity contribution in [3.8, 4) is 0 Å². The van der Waals surface area contributed by atoms with Gasteiger partial charge in [0.15, 0.2) is 0 Å². The Kier molecular flexibility index (Phi) is 4.70. The zero-order valence-electron chi connectivity index (χ0n) is 10.5. The van der Waals surface area contributed by atoms with Crippen LogP contribution in [0.1, 0.15) is 13.8 Å². The van der Waals surface area contributed by atoms with E-state index in [-0.39, 0.29) is 18.1 Å². The molecule has 0 unspecified atom stereocenters. The van der Waals surface area contributed by atoms with Gasteiger partial charge in [-0.3, -0.25) is 9.69 Å². The lowest BCUT2D eigenvalue weighted by atomic mass is 10.00. The van der Waals surface area contributed by atoms with E-state index in [0.29, 0.717) is 13.2 Å². The van der Waals surface area contributed by atoms with Gasteiger partial charge in [0, 0.05) is 31.7 Å². The third-order valence-corrected chi connectivity index (χ3v) is 3.16. The van der Waals surface area contributed by atoms with Crippen LogP contribution >= 0.6 is 0 Å². The molecule has 1 fully saturated rings. The van der Waals surface area contributed by atoms with Gasteiger partial charge in [-0.15, -0.1) is 0 Å². The van der Waals surface area contributed by atoms with Gasteiger partial charge in [-0.1, -0.05) is 0 Å². The molecule has 0 aromatic carbocycles. The molecule has 0 spiro atoms. The molecule has 1 saturated heterocycles. The van der Waals surface area contributed by atoms with Gasteiger partial charge in [0.25, 0.3) is 0 Å². The number of rotatable bonds is 4. The number of piperazine rings is 1. The lowest BCUT2D eigenvalue weighted by Gasteiger charge is -2.45. The lowest BCUT2D eigenvalue weighted by molar-refractivity contribution is -0.140. The van der Waals surface area contributed by atoms with Crippen molar-refractivity contribution in [1.29, 1.82) is 0 Å². The largest absolute Gasteiger partial charge is 0.370 e. The molecule has 0 radical (unpaired) electrons. The smallest absolute Gasteiger partial charge is 0.248 e. The molecule has 0 atom stereocenters. The fourth-order valence-corrected chi connectivity index (χ4v) is 1.79. The van der Waals surface area contributed by atoms with E-state index >= 15 is 0 Å². The van der Waals surface area contributed by atoms with Crippen LogP contribution in [0.15, 0.2) is 0 Å². The summed E-state index contributed by atoms with van der Waals surface area (Å²) in [6, 6.07) is 0. The maximum atomic E-state index is 11.8. The third kappa shape index (κ3) is 3.43. The Balaban J connectivity index is 2.40. The number of amides is 1. The van der Waals surface area contributed by atoms with E-state index in [1.165, 1.54) is 0 Å². The highest BCUT2D eigenvalue weighted by Gasteiger charge is 2.32. The topological polar surface area (TPSA) is 58.8 Å². The van der Waals surface area contributed by atoms with Crippen molar-refractivity contribution in [2.24, 2.45) is 5.73 Å². The number of carbonyl (C=O) groups excluding carboxylic acids is 1. The molecule has 2 N–H and O–H groups in total. The summed E-state index contributed by atoms with van der Waals surface area (Å²) >= 11 is 0. The van der Waals surface area contributed by atoms with Gasteiger partial charge in [-0.2, -0.15) is 0 Å². The number of ether oxygens (including phenoxy) is 1. The highest BCUT2D eigenvalue weighted by atomic mass is 16.5. The monoisotopic (exact) mass is 229 g/mol. The molecule has 5 heteroatoms. The first kappa shape index (κ1) is 13.4. The minimum absolute atomic E-state index is 0.0434. The van der Waals surface area contributed by atoms with Gasteiger partial charge in [-0.25, -0.2) is 0 Å². The van der Waals surface area contributed by atoms with Crippen LogP contribution in [0.25, 0.3) is 0 Å². The first-order valence-electron chi connectivity index (χ1n) is 5.74. The van der Waals surface area contributed by atoms with E-state index in [9.17, 15) is 4.79 Å². The fraction of sp³-hybridized carbons (Fsp3) is 0.909. The van der Waals surface area contributed by atoms with Gasteiger partial charge >= 0.3 is 0 Å². The number of hydrogen-bond acceptors (Lipinski definition) is 4. The van der Waals surface area contributed by atoms with Crippen LogP contribution in [0.3, 0.4) is 0 Å². The molecule has 0 aliphatic carbocycles. The zero-order chi connectivity index (χ0) is 12.2. The Morgan fingerprint density at radius 3 is 2.69 bits per heavy atom. The first-order chi connectivity index (χ1) is 7.47. The van der Waals surface area contributed by atoms with Crippen molar-refractivity contribution < 1.29 is 9.53 Å². The normalized spacial score (nSPS) is 21.1. The van der Waals surface area contributed by atoms with E-state index in [2.05, 4.69) is 25.8 Å². The average Bonchev–Trinajstić information content (AvgIpc) is 2.22. The number of hydrogen-bond donors (Lipinski definition) is 1. The second kappa shape index (κ2) is 5.61. The van der Waals surface area contributed by atoms with Crippen LogP contribution < -0.4 is 5.73 Å². The minimum Gasteiger partial charge on any atom is -0.370 e. The van der Waals surface area contributed by atoms with E-state index in [1.54, 1.807) is 0 Å². The van der Waals surface area contributed by atoms with Crippen molar-refractivity contribution in [2.75, 3.05) is 46.4 Å². The predicted molar refractivity (Wildman–Crippen MR) is 63.2 cm³/mol. The molecule has 1 amide bonds. The maximum absolute atomic E-state index is 11.8. The van der Waals surface area contributed by atoms with Crippen molar-refractivity contribution in [3.63, 3.8) is 0 Å². The molecule has 1 rings (SSSR count).